The Hall–Kier alpha value is -0.890. The zero-order chi connectivity index (χ0) is 13.4. The largest absolute Gasteiger partial charge is 0.314 e. The van der Waals surface area contributed by atoms with E-state index in [2.05, 4.69) is 26.1 Å². The van der Waals surface area contributed by atoms with Gasteiger partial charge in [-0.15, -0.1) is 0 Å². The zero-order valence-corrected chi connectivity index (χ0v) is 11.9. The van der Waals surface area contributed by atoms with Crippen LogP contribution in [0.1, 0.15) is 45.6 Å². The van der Waals surface area contributed by atoms with Gasteiger partial charge in [0.1, 0.15) is 5.82 Å². The number of nitrogens with one attached hydrogen (secondary N) is 1. The zero-order valence-electron chi connectivity index (χ0n) is 11.9. The summed E-state index contributed by atoms with van der Waals surface area (Å²) in [7, 11) is 0. The summed E-state index contributed by atoms with van der Waals surface area (Å²) >= 11 is 0. The summed E-state index contributed by atoms with van der Waals surface area (Å²) in [6, 6.07) is 7.61. The van der Waals surface area contributed by atoms with Crippen molar-refractivity contribution < 1.29 is 4.39 Å². The lowest BCUT2D eigenvalue weighted by Crippen LogP contribution is -2.36. The second-order valence-corrected chi connectivity index (χ2v) is 5.12. The van der Waals surface area contributed by atoms with Gasteiger partial charge in [-0.25, -0.2) is 4.39 Å². The first-order valence-corrected chi connectivity index (χ1v) is 7.15. The molecule has 2 atom stereocenters. The minimum absolute atomic E-state index is 0.0740. The molecule has 18 heavy (non-hydrogen) atoms. The highest BCUT2D eigenvalue weighted by Crippen LogP contribution is 2.17. The smallest absolute Gasteiger partial charge is 0.126 e. The minimum Gasteiger partial charge on any atom is -0.314 e. The van der Waals surface area contributed by atoms with Crippen molar-refractivity contribution in [3.63, 3.8) is 0 Å². The highest BCUT2D eigenvalue weighted by atomic mass is 19.1. The van der Waals surface area contributed by atoms with Crippen molar-refractivity contribution in [1.82, 2.24) is 5.32 Å². The minimum atomic E-state index is -0.0740. The SMILES string of the molecule is CCCNC(CCC)C(C)Cc1ccccc1F. The lowest BCUT2D eigenvalue weighted by molar-refractivity contribution is 0.349. The molecule has 102 valence electrons. The van der Waals surface area contributed by atoms with Gasteiger partial charge in [0.15, 0.2) is 0 Å². The summed E-state index contributed by atoms with van der Waals surface area (Å²) < 4.78 is 13.6. The van der Waals surface area contributed by atoms with Crippen molar-refractivity contribution >= 4 is 0 Å². The Morgan fingerprint density at radius 1 is 1.17 bits per heavy atom. The van der Waals surface area contributed by atoms with Crippen molar-refractivity contribution in [3.8, 4) is 0 Å². The monoisotopic (exact) mass is 251 g/mol. The highest BCUT2D eigenvalue weighted by Gasteiger charge is 2.17. The third kappa shape index (κ3) is 4.77. The van der Waals surface area contributed by atoms with E-state index in [1.54, 1.807) is 12.1 Å². The fourth-order valence-electron chi connectivity index (χ4n) is 2.38. The fourth-order valence-corrected chi connectivity index (χ4v) is 2.38. The molecule has 0 aliphatic carbocycles. The number of halogens is 1. The first-order valence-electron chi connectivity index (χ1n) is 7.15. The first kappa shape index (κ1) is 15.2. The Kier molecular flexibility index (Phi) is 6.96. The standard InChI is InChI=1S/C16H26FN/c1-4-8-16(18-11-5-2)13(3)12-14-9-6-7-10-15(14)17/h6-7,9-10,13,16,18H,4-5,8,11-12H2,1-3H3. The molecule has 0 spiro atoms. The van der Waals surface area contributed by atoms with E-state index in [9.17, 15) is 4.39 Å². The topological polar surface area (TPSA) is 12.0 Å². The van der Waals surface area contributed by atoms with Crippen molar-refractivity contribution in [2.45, 2.75) is 52.5 Å². The molecule has 2 heteroatoms. The first-order chi connectivity index (χ1) is 8.69. The molecule has 0 bridgehead atoms. The molecular weight excluding hydrogens is 225 g/mol. The molecule has 0 aliphatic heterocycles. The van der Waals surface area contributed by atoms with Crippen LogP contribution < -0.4 is 5.32 Å². The molecule has 0 aliphatic rings. The van der Waals surface area contributed by atoms with Crippen LogP contribution in [0.3, 0.4) is 0 Å². The molecule has 0 fully saturated rings. The van der Waals surface area contributed by atoms with E-state index in [-0.39, 0.29) is 5.82 Å². The maximum absolute atomic E-state index is 13.6. The highest BCUT2D eigenvalue weighted by molar-refractivity contribution is 5.18. The molecule has 0 heterocycles. The molecule has 2 unspecified atom stereocenters. The Morgan fingerprint density at radius 2 is 1.89 bits per heavy atom. The van der Waals surface area contributed by atoms with Gasteiger partial charge in [0.05, 0.1) is 0 Å². The lowest BCUT2D eigenvalue weighted by Gasteiger charge is -2.25. The van der Waals surface area contributed by atoms with Crippen LogP contribution in [-0.2, 0) is 6.42 Å². The summed E-state index contributed by atoms with van der Waals surface area (Å²) in [5.41, 5.74) is 0.837. The summed E-state index contributed by atoms with van der Waals surface area (Å²) in [5.74, 6) is 0.392. The van der Waals surface area contributed by atoms with Gasteiger partial charge in [0.25, 0.3) is 0 Å². The number of benzene rings is 1. The van der Waals surface area contributed by atoms with E-state index >= 15 is 0 Å². The van der Waals surface area contributed by atoms with E-state index in [1.807, 2.05) is 12.1 Å². The van der Waals surface area contributed by atoms with E-state index in [1.165, 1.54) is 6.42 Å². The summed E-state index contributed by atoms with van der Waals surface area (Å²) in [6.45, 7) is 7.65. The average Bonchev–Trinajstić information content (AvgIpc) is 2.37. The second-order valence-electron chi connectivity index (χ2n) is 5.12. The molecule has 0 radical (unpaired) electrons. The van der Waals surface area contributed by atoms with Crippen LogP contribution in [0, 0.1) is 11.7 Å². The van der Waals surface area contributed by atoms with Gasteiger partial charge in [0, 0.05) is 6.04 Å². The van der Waals surface area contributed by atoms with Gasteiger partial charge in [-0.2, -0.15) is 0 Å². The van der Waals surface area contributed by atoms with Crippen molar-refractivity contribution in [2.75, 3.05) is 6.54 Å². The number of hydrogen-bond donors (Lipinski definition) is 1. The number of rotatable bonds is 8. The summed E-state index contributed by atoms with van der Waals surface area (Å²) in [6.07, 6.45) is 4.29. The van der Waals surface area contributed by atoms with Gasteiger partial charge in [-0.1, -0.05) is 45.4 Å². The van der Waals surface area contributed by atoms with Crippen molar-refractivity contribution in [2.24, 2.45) is 5.92 Å². The van der Waals surface area contributed by atoms with Crippen LogP contribution in [0.25, 0.3) is 0 Å². The van der Waals surface area contributed by atoms with Crippen LogP contribution in [0.5, 0.6) is 0 Å². The van der Waals surface area contributed by atoms with E-state index in [0.29, 0.717) is 12.0 Å². The number of hydrogen-bond acceptors (Lipinski definition) is 1. The molecule has 0 saturated heterocycles. The molecule has 1 rings (SSSR count). The Morgan fingerprint density at radius 3 is 2.50 bits per heavy atom. The third-order valence-electron chi connectivity index (χ3n) is 3.44. The fraction of sp³-hybridized carbons (Fsp3) is 0.625. The lowest BCUT2D eigenvalue weighted by atomic mass is 9.91. The van der Waals surface area contributed by atoms with E-state index in [4.69, 9.17) is 0 Å². The Labute approximate surface area is 111 Å². The van der Waals surface area contributed by atoms with Gasteiger partial charge in [-0.3, -0.25) is 0 Å². The average molecular weight is 251 g/mol. The van der Waals surface area contributed by atoms with Gasteiger partial charge in [-0.05, 0) is 43.4 Å². The van der Waals surface area contributed by atoms with E-state index in [0.717, 1.165) is 31.4 Å². The Bertz CT molecular complexity index is 338. The maximum Gasteiger partial charge on any atom is 0.126 e. The van der Waals surface area contributed by atoms with Crippen LogP contribution in [0.2, 0.25) is 0 Å². The Balaban J connectivity index is 2.60. The molecule has 0 amide bonds. The molecule has 0 saturated carbocycles. The molecule has 1 nitrogen and oxygen atoms in total. The normalized spacial score (nSPS) is 14.4. The molecule has 1 N–H and O–H groups in total. The van der Waals surface area contributed by atoms with Crippen LogP contribution in [0.15, 0.2) is 24.3 Å². The molecular formula is C16H26FN. The van der Waals surface area contributed by atoms with Crippen molar-refractivity contribution in [1.29, 1.82) is 0 Å². The summed E-state index contributed by atoms with van der Waals surface area (Å²) in [5, 5.41) is 3.59. The summed E-state index contributed by atoms with van der Waals surface area (Å²) in [4.78, 5) is 0. The molecule has 1 aromatic carbocycles. The van der Waals surface area contributed by atoms with Crippen molar-refractivity contribution in [3.05, 3.63) is 35.6 Å². The molecule has 1 aromatic rings. The van der Waals surface area contributed by atoms with Gasteiger partial charge >= 0.3 is 0 Å². The van der Waals surface area contributed by atoms with Crippen LogP contribution in [-0.4, -0.2) is 12.6 Å². The van der Waals surface area contributed by atoms with Gasteiger partial charge in [0.2, 0.25) is 0 Å². The van der Waals surface area contributed by atoms with Crippen LogP contribution in [0.4, 0.5) is 4.39 Å². The predicted octanol–water partition coefficient (Wildman–Crippen LogP) is 4.17. The van der Waals surface area contributed by atoms with Crippen LogP contribution >= 0.6 is 0 Å². The maximum atomic E-state index is 13.6. The quantitative estimate of drug-likeness (QED) is 0.731. The second kappa shape index (κ2) is 8.25. The molecule has 0 aromatic heterocycles. The van der Waals surface area contributed by atoms with E-state index < -0.39 is 0 Å². The predicted molar refractivity (Wildman–Crippen MR) is 76.3 cm³/mol. The third-order valence-corrected chi connectivity index (χ3v) is 3.44. The van der Waals surface area contributed by atoms with Gasteiger partial charge < -0.3 is 5.32 Å².